The van der Waals surface area contributed by atoms with E-state index in [0.717, 1.165) is 25.6 Å². The minimum Gasteiger partial charge on any atom is -0.376 e. The summed E-state index contributed by atoms with van der Waals surface area (Å²) in [7, 11) is 0. The molecule has 4 nitrogen and oxygen atoms in total. The van der Waals surface area contributed by atoms with Gasteiger partial charge in [-0.15, -0.1) is 0 Å². The number of ether oxygens (including phenoxy) is 1. The highest BCUT2D eigenvalue weighted by atomic mass is 16.5. The van der Waals surface area contributed by atoms with Gasteiger partial charge in [-0.05, 0) is 19.8 Å². The Kier molecular flexibility index (Phi) is 3.03. The molecule has 0 aliphatic carbocycles. The standard InChI is InChI=1S/C10H17N3O/c1-2-11-10-12-5-6-13(10)8-9-4-3-7-14-9/h5-6,9H,2-4,7-8H2,1H3,(H,11,12). The van der Waals surface area contributed by atoms with E-state index < -0.39 is 0 Å². The second kappa shape index (κ2) is 4.46. The molecule has 0 radical (unpaired) electrons. The van der Waals surface area contributed by atoms with Crippen LogP contribution in [0.5, 0.6) is 0 Å². The molecule has 1 aliphatic heterocycles. The molecule has 4 heteroatoms. The lowest BCUT2D eigenvalue weighted by Crippen LogP contribution is -2.16. The molecule has 1 aromatic heterocycles. The highest BCUT2D eigenvalue weighted by Gasteiger charge is 2.16. The van der Waals surface area contributed by atoms with E-state index in [1.165, 1.54) is 12.8 Å². The zero-order valence-electron chi connectivity index (χ0n) is 8.57. The minimum absolute atomic E-state index is 0.376. The van der Waals surface area contributed by atoms with Crippen LogP contribution < -0.4 is 5.32 Å². The third-order valence-corrected chi connectivity index (χ3v) is 2.47. The summed E-state index contributed by atoms with van der Waals surface area (Å²) in [6.07, 6.45) is 6.56. The molecule has 0 bridgehead atoms. The third kappa shape index (κ3) is 2.07. The van der Waals surface area contributed by atoms with Crippen LogP contribution in [0.3, 0.4) is 0 Å². The molecule has 0 saturated carbocycles. The van der Waals surface area contributed by atoms with Gasteiger partial charge in [-0.3, -0.25) is 0 Å². The molecule has 14 heavy (non-hydrogen) atoms. The van der Waals surface area contributed by atoms with E-state index >= 15 is 0 Å². The molecule has 78 valence electrons. The Morgan fingerprint density at radius 1 is 1.71 bits per heavy atom. The number of rotatable bonds is 4. The van der Waals surface area contributed by atoms with Crippen molar-refractivity contribution in [3.05, 3.63) is 12.4 Å². The summed E-state index contributed by atoms with van der Waals surface area (Å²) in [4.78, 5) is 4.24. The maximum absolute atomic E-state index is 5.58. The van der Waals surface area contributed by atoms with Crippen LogP contribution in [0.1, 0.15) is 19.8 Å². The van der Waals surface area contributed by atoms with Crippen LogP contribution in [0.25, 0.3) is 0 Å². The number of hydrogen-bond acceptors (Lipinski definition) is 3. The van der Waals surface area contributed by atoms with Crippen LogP contribution in [-0.4, -0.2) is 28.8 Å². The normalized spacial score (nSPS) is 21.4. The van der Waals surface area contributed by atoms with Crippen LogP contribution in [0, 0.1) is 0 Å². The summed E-state index contributed by atoms with van der Waals surface area (Å²) in [6.45, 7) is 4.81. The number of aromatic nitrogens is 2. The molecule has 1 aromatic rings. The van der Waals surface area contributed by atoms with Gasteiger partial charge in [-0.25, -0.2) is 4.98 Å². The zero-order valence-corrected chi connectivity index (χ0v) is 8.57. The SMILES string of the molecule is CCNc1nccn1CC1CCCO1. The number of imidazole rings is 1. The maximum atomic E-state index is 5.58. The molecule has 1 atom stereocenters. The molecule has 0 aromatic carbocycles. The average Bonchev–Trinajstić information content (AvgIpc) is 2.80. The van der Waals surface area contributed by atoms with Crippen molar-refractivity contribution in [2.75, 3.05) is 18.5 Å². The first-order valence-corrected chi connectivity index (χ1v) is 5.26. The Balaban J connectivity index is 1.96. The Hall–Kier alpha value is -1.03. The molecule has 1 saturated heterocycles. The fourth-order valence-corrected chi connectivity index (χ4v) is 1.79. The topological polar surface area (TPSA) is 39.1 Å². The second-order valence-corrected chi connectivity index (χ2v) is 3.57. The molecule has 0 spiro atoms. The van der Waals surface area contributed by atoms with Crippen LogP contribution in [0.2, 0.25) is 0 Å². The van der Waals surface area contributed by atoms with E-state index in [4.69, 9.17) is 4.74 Å². The van der Waals surface area contributed by atoms with Gasteiger partial charge in [0.1, 0.15) is 0 Å². The minimum atomic E-state index is 0.376. The lowest BCUT2D eigenvalue weighted by molar-refractivity contribution is 0.0974. The van der Waals surface area contributed by atoms with E-state index in [1.807, 2.05) is 12.4 Å². The summed E-state index contributed by atoms with van der Waals surface area (Å²) >= 11 is 0. The predicted octanol–water partition coefficient (Wildman–Crippen LogP) is 1.49. The van der Waals surface area contributed by atoms with Gasteiger partial charge >= 0.3 is 0 Å². The molecule has 1 N–H and O–H groups in total. The summed E-state index contributed by atoms with van der Waals surface area (Å²) in [5.41, 5.74) is 0. The lowest BCUT2D eigenvalue weighted by Gasteiger charge is -2.12. The molecule has 2 rings (SSSR count). The number of nitrogens with zero attached hydrogens (tertiary/aromatic N) is 2. The fraction of sp³-hybridized carbons (Fsp3) is 0.700. The van der Waals surface area contributed by atoms with Crippen LogP contribution in [-0.2, 0) is 11.3 Å². The Morgan fingerprint density at radius 3 is 3.36 bits per heavy atom. The van der Waals surface area contributed by atoms with Gasteiger partial charge < -0.3 is 14.6 Å². The quantitative estimate of drug-likeness (QED) is 0.791. The molecule has 0 amide bonds. The van der Waals surface area contributed by atoms with Gasteiger partial charge in [-0.1, -0.05) is 0 Å². The second-order valence-electron chi connectivity index (χ2n) is 3.57. The summed E-state index contributed by atoms with van der Waals surface area (Å²) < 4.78 is 7.71. The largest absolute Gasteiger partial charge is 0.376 e. The number of nitrogens with one attached hydrogen (secondary N) is 1. The molecular formula is C10H17N3O. The van der Waals surface area contributed by atoms with E-state index in [9.17, 15) is 0 Å². The van der Waals surface area contributed by atoms with Crippen molar-refractivity contribution in [2.45, 2.75) is 32.4 Å². The van der Waals surface area contributed by atoms with Gasteiger partial charge in [0.2, 0.25) is 5.95 Å². The highest BCUT2D eigenvalue weighted by Crippen LogP contribution is 2.16. The third-order valence-electron chi connectivity index (χ3n) is 2.47. The molecule has 2 heterocycles. The molecule has 1 fully saturated rings. The van der Waals surface area contributed by atoms with E-state index in [-0.39, 0.29) is 0 Å². The van der Waals surface area contributed by atoms with E-state index in [1.54, 1.807) is 0 Å². The Morgan fingerprint density at radius 2 is 2.64 bits per heavy atom. The summed E-state index contributed by atoms with van der Waals surface area (Å²) in [6, 6.07) is 0. The monoisotopic (exact) mass is 195 g/mol. The fourth-order valence-electron chi connectivity index (χ4n) is 1.79. The maximum Gasteiger partial charge on any atom is 0.202 e. The van der Waals surface area contributed by atoms with Gasteiger partial charge in [0, 0.05) is 25.5 Å². The first-order chi connectivity index (χ1) is 6.90. The van der Waals surface area contributed by atoms with Crippen molar-refractivity contribution in [1.29, 1.82) is 0 Å². The summed E-state index contributed by atoms with van der Waals surface area (Å²) in [5, 5.41) is 3.23. The van der Waals surface area contributed by atoms with Gasteiger partial charge in [0.05, 0.1) is 12.6 Å². The van der Waals surface area contributed by atoms with E-state index in [2.05, 4.69) is 21.8 Å². The van der Waals surface area contributed by atoms with Crippen molar-refractivity contribution in [1.82, 2.24) is 9.55 Å². The Labute approximate surface area is 84.3 Å². The van der Waals surface area contributed by atoms with Crippen LogP contribution in [0.4, 0.5) is 5.95 Å². The van der Waals surface area contributed by atoms with Crippen molar-refractivity contribution < 1.29 is 4.74 Å². The predicted molar refractivity (Wildman–Crippen MR) is 55.4 cm³/mol. The van der Waals surface area contributed by atoms with Gasteiger partial charge in [-0.2, -0.15) is 0 Å². The van der Waals surface area contributed by atoms with Crippen LogP contribution >= 0.6 is 0 Å². The lowest BCUT2D eigenvalue weighted by atomic mass is 10.2. The smallest absolute Gasteiger partial charge is 0.202 e. The van der Waals surface area contributed by atoms with E-state index in [0.29, 0.717) is 6.10 Å². The van der Waals surface area contributed by atoms with Gasteiger partial charge in [0.15, 0.2) is 0 Å². The molecular weight excluding hydrogens is 178 g/mol. The highest BCUT2D eigenvalue weighted by molar-refractivity contribution is 5.25. The Bertz CT molecular complexity index is 279. The molecule has 1 aliphatic rings. The van der Waals surface area contributed by atoms with Crippen LogP contribution in [0.15, 0.2) is 12.4 Å². The zero-order chi connectivity index (χ0) is 9.80. The molecule has 1 unspecified atom stereocenters. The average molecular weight is 195 g/mol. The summed E-state index contributed by atoms with van der Waals surface area (Å²) in [5.74, 6) is 0.947. The van der Waals surface area contributed by atoms with Gasteiger partial charge in [0.25, 0.3) is 0 Å². The first-order valence-electron chi connectivity index (χ1n) is 5.26. The van der Waals surface area contributed by atoms with Crippen molar-refractivity contribution >= 4 is 5.95 Å². The van der Waals surface area contributed by atoms with Crippen molar-refractivity contribution in [2.24, 2.45) is 0 Å². The number of anilines is 1. The van der Waals surface area contributed by atoms with Crippen molar-refractivity contribution in [3.63, 3.8) is 0 Å². The first kappa shape index (κ1) is 9.52. The van der Waals surface area contributed by atoms with Crippen molar-refractivity contribution in [3.8, 4) is 0 Å². The number of hydrogen-bond donors (Lipinski definition) is 1.